The highest BCUT2D eigenvalue weighted by Gasteiger charge is 2.30. The third-order valence-electron chi connectivity index (χ3n) is 4.83. The van der Waals surface area contributed by atoms with Gasteiger partial charge in [-0.25, -0.2) is 4.79 Å². The minimum Gasteiger partial charge on any atom is -0.439 e. The summed E-state index contributed by atoms with van der Waals surface area (Å²) in [6, 6.07) is 5.31. The van der Waals surface area contributed by atoms with Crippen LogP contribution in [-0.4, -0.2) is 50.2 Å². The topological polar surface area (TPSA) is 70.7 Å². The van der Waals surface area contributed by atoms with Gasteiger partial charge in [0.15, 0.2) is 6.61 Å². The SMILES string of the molecule is CNC(=O)COC(=O)NCCC1CCN(Cc2ccc(C(F)(F)F)cc2)CC1. The summed E-state index contributed by atoms with van der Waals surface area (Å²) < 4.78 is 42.6. The Balaban J connectivity index is 1.63. The van der Waals surface area contributed by atoms with Crippen LogP contribution in [0.2, 0.25) is 0 Å². The first-order chi connectivity index (χ1) is 13.3. The van der Waals surface area contributed by atoms with Crippen LogP contribution >= 0.6 is 0 Å². The summed E-state index contributed by atoms with van der Waals surface area (Å²) >= 11 is 0. The van der Waals surface area contributed by atoms with E-state index in [1.165, 1.54) is 19.2 Å². The molecule has 0 aliphatic carbocycles. The average Bonchev–Trinajstić information content (AvgIpc) is 2.67. The van der Waals surface area contributed by atoms with Gasteiger partial charge in [-0.05, 0) is 56.0 Å². The molecule has 1 fully saturated rings. The van der Waals surface area contributed by atoms with Gasteiger partial charge in [-0.15, -0.1) is 0 Å². The van der Waals surface area contributed by atoms with Gasteiger partial charge >= 0.3 is 12.3 Å². The molecule has 0 spiro atoms. The van der Waals surface area contributed by atoms with Crippen molar-refractivity contribution in [3.8, 4) is 0 Å². The number of carbonyl (C=O) groups is 2. The minimum absolute atomic E-state index is 0.301. The molecule has 6 nitrogen and oxygen atoms in total. The summed E-state index contributed by atoms with van der Waals surface area (Å²) in [6.45, 7) is 2.55. The molecule has 28 heavy (non-hydrogen) atoms. The van der Waals surface area contributed by atoms with Gasteiger partial charge in [0, 0.05) is 20.1 Å². The van der Waals surface area contributed by atoms with Crippen molar-refractivity contribution in [2.75, 3.05) is 33.3 Å². The van der Waals surface area contributed by atoms with Crippen molar-refractivity contribution in [3.63, 3.8) is 0 Å². The highest BCUT2D eigenvalue weighted by Crippen LogP contribution is 2.29. The lowest BCUT2D eigenvalue weighted by atomic mass is 9.93. The highest BCUT2D eigenvalue weighted by atomic mass is 19.4. The fraction of sp³-hybridized carbons (Fsp3) is 0.579. The van der Waals surface area contributed by atoms with Crippen LogP contribution in [0.5, 0.6) is 0 Å². The van der Waals surface area contributed by atoms with Crippen molar-refractivity contribution in [1.29, 1.82) is 0 Å². The Bertz CT molecular complexity index is 642. The van der Waals surface area contributed by atoms with Crippen molar-refractivity contribution in [2.24, 2.45) is 5.92 Å². The molecule has 1 aliphatic heterocycles. The molecule has 0 atom stereocenters. The number of hydrogen-bond acceptors (Lipinski definition) is 4. The zero-order chi connectivity index (χ0) is 20.6. The number of halogens is 3. The van der Waals surface area contributed by atoms with E-state index in [9.17, 15) is 22.8 Å². The number of piperidine rings is 1. The van der Waals surface area contributed by atoms with Gasteiger partial charge in [-0.2, -0.15) is 13.2 Å². The van der Waals surface area contributed by atoms with Gasteiger partial charge in [0.2, 0.25) is 0 Å². The number of likely N-dealkylation sites (N-methyl/N-ethyl adjacent to an activating group) is 1. The standard InChI is InChI=1S/C19H26F3N3O3/c1-23-17(26)13-28-18(27)24-9-6-14-7-10-25(11-8-14)12-15-2-4-16(5-3-15)19(20,21)22/h2-5,14H,6-13H2,1H3,(H,23,26)(H,24,27). The minimum atomic E-state index is -4.31. The maximum absolute atomic E-state index is 12.6. The van der Waals surface area contributed by atoms with E-state index in [-0.39, 0.29) is 12.5 Å². The molecule has 2 amide bonds. The Hall–Kier alpha value is -2.29. The van der Waals surface area contributed by atoms with E-state index in [4.69, 9.17) is 4.74 Å². The molecule has 0 bridgehead atoms. The van der Waals surface area contributed by atoms with Crippen molar-refractivity contribution in [1.82, 2.24) is 15.5 Å². The maximum atomic E-state index is 12.6. The summed E-state index contributed by atoms with van der Waals surface area (Å²) in [5.41, 5.74) is 0.239. The zero-order valence-electron chi connectivity index (χ0n) is 15.8. The molecule has 0 aromatic heterocycles. The van der Waals surface area contributed by atoms with Gasteiger partial charge in [0.25, 0.3) is 5.91 Å². The summed E-state index contributed by atoms with van der Waals surface area (Å²) in [7, 11) is 1.47. The fourth-order valence-corrected chi connectivity index (χ4v) is 3.12. The molecule has 156 valence electrons. The lowest BCUT2D eigenvalue weighted by molar-refractivity contribution is -0.137. The van der Waals surface area contributed by atoms with Crippen LogP contribution in [0.25, 0.3) is 0 Å². The predicted molar refractivity (Wildman–Crippen MR) is 97.5 cm³/mol. The predicted octanol–water partition coefficient (Wildman–Crippen LogP) is 2.78. The zero-order valence-corrected chi connectivity index (χ0v) is 15.8. The third kappa shape index (κ3) is 7.38. The van der Waals surface area contributed by atoms with E-state index < -0.39 is 17.8 Å². The van der Waals surface area contributed by atoms with E-state index in [1.807, 2.05) is 0 Å². The van der Waals surface area contributed by atoms with Gasteiger partial charge in [0.1, 0.15) is 0 Å². The van der Waals surface area contributed by atoms with Crippen LogP contribution in [-0.2, 0) is 22.3 Å². The molecule has 0 radical (unpaired) electrons. The second-order valence-electron chi connectivity index (χ2n) is 6.88. The molecular weight excluding hydrogens is 375 g/mol. The Morgan fingerprint density at radius 2 is 1.82 bits per heavy atom. The number of nitrogens with one attached hydrogen (secondary N) is 2. The molecule has 9 heteroatoms. The Morgan fingerprint density at radius 1 is 1.18 bits per heavy atom. The monoisotopic (exact) mass is 401 g/mol. The molecule has 1 saturated heterocycles. The van der Waals surface area contributed by atoms with Crippen molar-refractivity contribution in [3.05, 3.63) is 35.4 Å². The summed E-state index contributed by atoms with van der Waals surface area (Å²) in [5, 5.41) is 4.99. The number of alkyl carbamates (subject to hydrolysis) is 1. The molecule has 2 rings (SSSR count). The van der Waals surface area contributed by atoms with Crippen LogP contribution in [0.15, 0.2) is 24.3 Å². The average molecular weight is 401 g/mol. The van der Waals surface area contributed by atoms with Crippen LogP contribution in [0.4, 0.5) is 18.0 Å². The number of likely N-dealkylation sites (tertiary alicyclic amines) is 1. The molecule has 1 heterocycles. The molecule has 0 unspecified atom stereocenters. The first-order valence-electron chi connectivity index (χ1n) is 9.27. The molecule has 0 saturated carbocycles. The quantitative estimate of drug-likeness (QED) is 0.737. The van der Waals surface area contributed by atoms with Crippen LogP contribution in [0, 0.1) is 5.92 Å². The number of alkyl halides is 3. The van der Waals surface area contributed by atoms with Crippen LogP contribution < -0.4 is 10.6 Å². The van der Waals surface area contributed by atoms with Crippen LogP contribution in [0.1, 0.15) is 30.4 Å². The smallest absolute Gasteiger partial charge is 0.416 e. The third-order valence-corrected chi connectivity index (χ3v) is 4.83. The van der Waals surface area contributed by atoms with E-state index >= 15 is 0 Å². The van der Waals surface area contributed by atoms with Crippen molar-refractivity contribution in [2.45, 2.75) is 32.0 Å². The number of carbonyl (C=O) groups excluding carboxylic acids is 2. The maximum Gasteiger partial charge on any atom is 0.416 e. The Kier molecular flexibility index (Phi) is 8.10. The Morgan fingerprint density at radius 3 is 2.39 bits per heavy atom. The Labute approximate surface area is 162 Å². The van der Waals surface area contributed by atoms with E-state index in [2.05, 4.69) is 15.5 Å². The highest BCUT2D eigenvalue weighted by molar-refractivity contribution is 5.79. The lowest BCUT2D eigenvalue weighted by Gasteiger charge is -2.32. The number of nitrogens with zero attached hydrogens (tertiary/aromatic N) is 1. The van der Waals surface area contributed by atoms with Gasteiger partial charge in [0.05, 0.1) is 5.56 Å². The number of amides is 2. The molecular formula is C19H26F3N3O3. The lowest BCUT2D eigenvalue weighted by Crippen LogP contribution is -2.35. The summed E-state index contributed by atoms with van der Waals surface area (Å²) in [4.78, 5) is 24.7. The molecule has 1 aliphatic rings. The first-order valence-corrected chi connectivity index (χ1v) is 9.27. The van der Waals surface area contributed by atoms with Crippen molar-refractivity contribution >= 4 is 12.0 Å². The molecule has 2 N–H and O–H groups in total. The summed E-state index contributed by atoms with van der Waals surface area (Å²) in [6.07, 6.45) is -2.16. The normalized spacial score (nSPS) is 15.9. The van der Waals surface area contributed by atoms with Crippen molar-refractivity contribution < 1.29 is 27.5 Å². The first kappa shape index (κ1) is 22.0. The van der Waals surface area contributed by atoms with E-state index in [0.717, 1.165) is 50.0 Å². The second kappa shape index (κ2) is 10.3. The van der Waals surface area contributed by atoms with E-state index in [1.54, 1.807) is 0 Å². The largest absolute Gasteiger partial charge is 0.439 e. The van der Waals surface area contributed by atoms with Crippen LogP contribution in [0.3, 0.4) is 0 Å². The van der Waals surface area contributed by atoms with Gasteiger partial charge in [-0.3, -0.25) is 9.69 Å². The number of benzene rings is 1. The van der Waals surface area contributed by atoms with E-state index in [0.29, 0.717) is 19.0 Å². The number of rotatable bonds is 7. The fourth-order valence-electron chi connectivity index (χ4n) is 3.12. The number of ether oxygens (including phenoxy) is 1. The number of hydrogen-bond donors (Lipinski definition) is 2. The molecule has 1 aromatic carbocycles. The second-order valence-corrected chi connectivity index (χ2v) is 6.88. The van der Waals surface area contributed by atoms with Gasteiger partial charge < -0.3 is 15.4 Å². The summed E-state index contributed by atoms with van der Waals surface area (Å²) in [5.74, 6) is 0.110. The van der Waals surface area contributed by atoms with Gasteiger partial charge in [-0.1, -0.05) is 12.1 Å². The molecule has 1 aromatic rings.